The minimum Gasteiger partial charge on any atom is -0.495 e. The van der Waals surface area contributed by atoms with Gasteiger partial charge in [-0.25, -0.2) is 0 Å². The van der Waals surface area contributed by atoms with Crippen molar-refractivity contribution in [1.82, 2.24) is 0 Å². The number of rotatable bonds is 9. The van der Waals surface area contributed by atoms with E-state index < -0.39 is 0 Å². The fourth-order valence-electron chi connectivity index (χ4n) is 1.93. The molecular weight excluding hydrogens is 238 g/mol. The molecule has 0 saturated carbocycles. The van der Waals surface area contributed by atoms with Gasteiger partial charge in [0.15, 0.2) is 0 Å². The summed E-state index contributed by atoms with van der Waals surface area (Å²) in [7, 11) is 1.57. The van der Waals surface area contributed by atoms with E-state index in [0.717, 1.165) is 18.6 Å². The van der Waals surface area contributed by atoms with Crippen molar-refractivity contribution in [3.63, 3.8) is 0 Å². The highest BCUT2D eigenvalue weighted by atomic mass is 16.5. The second-order valence-corrected chi connectivity index (χ2v) is 4.61. The quantitative estimate of drug-likeness (QED) is 0.630. The molecule has 0 spiro atoms. The van der Waals surface area contributed by atoms with Crippen LogP contribution in [0.15, 0.2) is 18.2 Å². The van der Waals surface area contributed by atoms with Crippen LogP contribution in [-0.4, -0.2) is 13.7 Å². The third-order valence-corrected chi connectivity index (χ3v) is 3.05. The number of hydrogen-bond donors (Lipinski definition) is 0. The van der Waals surface area contributed by atoms with E-state index in [2.05, 4.69) is 13.0 Å². The van der Waals surface area contributed by atoms with Crippen LogP contribution >= 0.6 is 0 Å². The lowest BCUT2D eigenvalue weighted by atomic mass is 10.1. The Kier molecular flexibility index (Phi) is 7.69. The monoisotopic (exact) mass is 261 g/mol. The maximum Gasteiger partial charge on any atom is 0.136 e. The molecule has 3 nitrogen and oxygen atoms in total. The van der Waals surface area contributed by atoms with Crippen molar-refractivity contribution in [3.05, 3.63) is 29.3 Å². The van der Waals surface area contributed by atoms with Crippen molar-refractivity contribution < 1.29 is 9.47 Å². The van der Waals surface area contributed by atoms with Gasteiger partial charge in [0.05, 0.1) is 19.3 Å². The zero-order valence-corrected chi connectivity index (χ0v) is 11.9. The highest BCUT2D eigenvalue weighted by Crippen LogP contribution is 2.19. The molecule has 0 bridgehead atoms. The standard InChI is InChI=1S/C16H23NO2/c1-3-4-5-6-7-10-19-13-14-8-9-16(18-2)15(11-14)12-17/h8-9,11H,3-7,10,13H2,1-2H3. The Balaban J connectivity index is 2.28. The molecule has 104 valence electrons. The molecule has 0 aliphatic rings. The molecule has 3 heteroatoms. The first-order valence-electron chi connectivity index (χ1n) is 6.96. The second-order valence-electron chi connectivity index (χ2n) is 4.61. The van der Waals surface area contributed by atoms with E-state index in [9.17, 15) is 0 Å². The molecule has 0 radical (unpaired) electrons. The number of methoxy groups -OCH3 is 1. The number of unbranched alkanes of at least 4 members (excludes halogenated alkanes) is 4. The van der Waals surface area contributed by atoms with Crippen LogP contribution in [0.4, 0.5) is 0 Å². The predicted molar refractivity (Wildman–Crippen MR) is 76.1 cm³/mol. The zero-order valence-electron chi connectivity index (χ0n) is 11.9. The van der Waals surface area contributed by atoms with Crippen molar-refractivity contribution in [2.24, 2.45) is 0 Å². The summed E-state index contributed by atoms with van der Waals surface area (Å²) < 4.78 is 10.7. The number of hydrogen-bond acceptors (Lipinski definition) is 3. The summed E-state index contributed by atoms with van der Waals surface area (Å²) >= 11 is 0. The molecule has 0 heterocycles. The molecule has 1 aromatic rings. The number of nitrogens with zero attached hydrogens (tertiary/aromatic N) is 1. The average molecular weight is 261 g/mol. The van der Waals surface area contributed by atoms with Gasteiger partial charge in [-0.1, -0.05) is 38.7 Å². The third-order valence-electron chi connectivity index (χ3n) is 3.05. The molecule has 0 unspecified atom stereocenters. The van der Waals surface area contributed by atoms with Crippen LogP contribution in [0.2, 0.25) is 0 Å². The predicted octanol–water partition coefficient (Wildman–Crippen LogP) is 4.05. The Morgan fingerprint density at radius 1 is 1.16 bits per heavy atom. The van der Waals surface area contributed by atoms with E-state index in [1.807, 2.05) is 18.2 Å². The van der Waals surface area contributed by atoms with Gasteiger partial charge in [0.25, 0.3) is 0 Å². The van der Waals surface area contributed by atoms with Crippen molar-refractivity contribution >= 4 is 0 Å². The van der Waals surface area contributed by atoms with Crippen LogP contribution in [0.25, 0.3) is 0 Å². The van der Waals surface area contributed by atoms with E-state index in [-0.39, 0.29) is 0 Å². The molecule has 0 fully saturated rings. The first-order valence-corrected chi connectivity index (χ1v) is 6.96. The summed E-state index contributed by atoms with van der Waals surface area (Å²) in [5.74, 6) is 0.616. The van der Waals surface area contributed by atoms with Gasteiger partial charge >= 0.3 is 0 Å². The van der Waals surface area contributed by atoms with Crippen molar-refractivity contribution in [2.75, 3.05) is 13.7 Å². The fourth-order valence-corrected chi connectivity index (χ4v) is 1.93. The smallest absolute Gasteiger partial charge is 0.136 e. The summed E-state index contributed by atoms with van der Waals surface area (Å²) in [6.07, 6.45) is 6.22. The van der Waals surface area contributed by atoms with E-state index >= 15 is 0 Å². The SMILES string of the molecule is CCCCCCCOCc1ccc(OC)c(C#N)c1. The lowest BCUT2D eigenvalue weighted by Gasteiger charge is -2.07. The molecule has 19 heavy (non-hydrogen) atoms. The fraction of sp³-hybridized carbons (Fsp3) is 0.562. The summed E-state index contributed by atoms with van der Waals surface area (Å²) in [5.41, 5.74) is 1.58. The molecule has 0 aromatic heterocycles. The van der Waals surface area contributed by atoms with Gasteiger partial charge in [0, 0.05) is 6.61 Å². The minimum absolute atomic E-state index is 0.562. The van der Waals surface area contributed by atoms with Crippen molar-refractivity contribution in [3.8, 4) is 11.8 Å². The van der Waals surface area contributed by atoms with Gasteiger partial charge in [-0.2, -0.15) is 5.26 Å². The molecule has 0 N–H and O–H groups in total. The molecule has 1 rings (SSSR count). The maximum atomic E-state index is 9.00. The van der Waals surface area contributed by atoms with Gasteiger partial charge in [0.2, 0.25) is 0 Å². The van der Waals surface area contributed by atoms with Gasteiger partial charge in [-0.15, -0.1) is 0 Å². The van der Waals surface area contributed by atoms with E-state index in [1.165, 1.54) is 25.7 Å². The molecule has 0 aliphatic carbocycles. The molecule has 0 saturated heterocycles. The van der Waals surface area contributed by atoms with Crippen LogP contribution in [0.1, 0.15) is 50.2 Å². The highest BCUT2D eigenvalue weighted by molar-refractivity contribution is 5.45. The normalized spacial score (nSPS) is 10.2. The summed E-state index contributed by atoms with van der Waals surface area (Å²) in [5, 5.41) is 9.00. The van der Waals surface area contributed by atoms with Crippen LogP contribution < -0.4 is 4.74 Å². The Morgan fingerprint density at radius 2 is 1.95 bits per heavy atom. The third kappa shape index (κ3) is 5.76. The number of ether oxygens (including phenoxy) is 2. The number of benzene rings is 1. The average Bonchev–Trinajstić information content (AvgIpc) is 2.46. The molecule has 0 amide bonds. The van der Waals surface area contributed by atoms with E-state index in [4.69, 9.17) is 14.7 Å². The largest absolute Gasteiger partial charge is 0.495 e. The van der Waals surface area contributed by atoms with Crippen LogP contribution in [0.3, 0.4) is 0 Å². The van der Waals surface area contributed by atoms with Gasteiger partial charge in [-0.3, -0.25) is 0 Å². The lowest BCUT2D eigenvalue weighted by Crippen LogP contribution is -1.97. The Morgan fingerprint density at radius 3 is 2.63 bits per heavy atom. The van der Waals surface area contributed by atoms with E-state index in [0.29, 0.717) is 17.9 Å². The van der Waals surface area contributed by atoms with Gasteiger partial charge in [0.1, 0.15) is 11.8 Å². The van der Waals surface area contributed by atoms with Crippen LogP contribution in [0, 0.1) is 11.3 Å². The molecular formula is C16H23NO2. The minimum atomic E-state index is 0.562. The van der Waals surface area contributed by atoms with Crippen LogP contribution in [-0.2, 0) is 11.3 Å². The Hall–Kier alpha value is -1.53. The van der Waals surface area contributed by atoms with Crippen LogP contribution in [0.5, 0.6) is 5.75 Å². The first-order chi connectivity index (χ1) is 9.31. The summed E-state index contributed by atoms with van der Waals surface area (Å²) in [6.45, 7) is 3.57. The number of nitriles is 1. The van der Waals surface area contributed by atoms with Gasteiger partial charge in [-0.05, 0) is 24.1 Å². The second kappa shape index (κ2) is 9.41. The molecule has 0 atom stereocenters. The zero-order chi connectivity index (χ0) is 13.9. The summed E-state index contributed by atoms with van der Waals surface area (Å²) in [4.78, 5) is 0. The van der Waals surface area contributed by atoms with E-state index in [1.54, 1.807) is 7.11 Å². The molecule has 0 aliphatic heterocycles. The van der Waals surface area contributed by atoms with Gasteiger partial charge < -0.3 is 9.47 Å². The van der Waals surface area contributed by atoms with Crippen molar-refractivity contribution in [2.45, 2.75) is 45.6 Å². The maximum absolute atomic E-state index is 9.00. The Bertz CT molecular complexity index is 410. The highest BCUT2D eigenvalue weighted by Gasteiger charge is 2.03. The molecule has 1 aromatic carbocycles. The summed E-state index contributed by atoms with van der Waals surface area (Å²) in [6, 6.07) is 7.72. The van der Waals surface area contributed by atoms with Crippen molar-refractivity contribution in [1.29, 1.82) is 5.26 Å². The first kappa shape index (κ1) is 15.5. The lowest BCUT2D eigenvalue weighted by molar-refractivity contribution is 0.116. The Labute approximate surface area is 116 Å². The topological polar surface area (TPSA) is 42.2 Å².